The number of hydrogen-bond donors (Lipinski definition) is 6. The summed E-state index contributed by atoms with van der Waals surface area (Å²) in [5.41, 5.74) is 3.85. The third kappa shape index (κ3) is 8.99. The van der Waals surface area contributed by atoms with Crippen LogP contribution in [0.15, 0.2) is 82.8 Å². The SMILES string of the molecule is CN=C(NC)Nc1ccc(NC(=O)c2ccc(C(=O)Nc3ccc(NC(=NC)NC)cc3)cc2)cc1.Cl.Cl. The maximum absolute atomic E-state index is 12.6. The lowest BCUT2D eigenvalue weighted by Gasteiger charge is -2.11. The van der Waals surface area contributed by atoms with Crippen LogP contribution in [0.1, 0.15) is 20.7 Å². The van der Waals surface area contributed by atoms with Crippen molar-refractivity contribution < 1.29 is 9.59 Å². The van der Waals surface area contributed by atoms with Crippen LogP contribution < -0.4 is 31.9 Å². The lowest BCUT2D eigenvalue weighted by molar-refractivity contribution is 0.101. The summed E-state index contributed by atoms with van der Waals surface area (Å²) in [7, 11) is 6.92. The molecule has 0 aromatic heterocycles. The van der Waals surface area contributed by atoms with Crippen molar-refractivity contribution in [2.45, 2.75) is 0 Å². The molecule has 0 atom stereocenters. The Balaban J connectivity index is 0.00000361. The number of amides is 2. The first kappa shape index (κ1) is 31.7. The normalized spacial score (nSPS) is 10.7. The van der Waals surface area contributed by atoms with Gasteiger partial charge in [0.15, 0.2) is 11.9 Å². The largest absolute Gasteiger partial charge is 0.359 e. The summed E-state index contributed by atoms with van der Waals surface area (Å²) in [6.07, 6.45) is 0. The van der Waals surface area contributed by atoms with Crippen molar-refractivity contribution in [3.63, 3.8) is 0 Å². The van der Waals surface area contributed by atoms with Gasteiger partial charge in [0.25, 0.3) is 11.8 Å². The molecule has 0 aliphatic heterocycles. The highest BCUT2D eigenvalue weighted by atomic mass is 35.5. The first-order chi connectivity index (χ1) is 17.4. The first-order valence-corrected chi connectivity index (χ1v) is 11.2. The number of benzene rings is 3. The topological polar surface area (TPSA) is 131 Å². The molecule has 3 aromatic carbocycles. The molecular weight excluding hydrogens is 527 g/mol. The van der Waals surface area contributed by atoms with E-state index in [-0.39, 0.29) is 36.6 Å². The van der Waals surface area contributed by atoms with Crippen LogP contribution in [0.2, 0.25) is 0 Å². The number of carbonyl (C=O) groups excluding carboxylic acids is 2. The number of guanidine groups is 2. The second kappa shape index (κ2) is 15.7. The number of carbonyl (C=O) groups is 2. The van der Waals surface area contributed by atoms with E-state index in [0.717, 1.165) is 11.4 Å². The van der Waals surface area contributed by atoms with Gasteiger partial charge in [-0.05, 0) is 72.8 Å². The molecule has 202 valence electrons. The number of anilines is 4. The molecule has 0 fully saturated rings. The van der Waals surface area contributed by atoms with E-state index in [1.165, 1.54) is 0 Å². The minimum absolute atomic E-state index is 0. The molecule has 0 aliphatic rings. The highest BCUT2D eigenvalue weighted by molar-refractivity contribution is 6.07. The van der Waals surface area contributed by atoms with E-state index in [9.17, 15) is 9.59 Å². The molecule has 3 aromatic rings. The number of nitrogens with zero attached hydrogens (tertiary/aromatic N) is 2. The van der Waals surface area contributed by atoms with Crippen molar-refractivity contribution in [1.82, 2.24) is 10.6 Å². The lowest BCUT2D eigenvalue weighted by Crippen LogP contribution is -2.26. The molecule has 0 bridgehead atoms. The minimum Gasteiger partial charge on any atom is -0.359 e. The molecule has 38 heavy (non-hydrogen) atoms. The smallest absolute Gasteiger partial charge is 0.255 e. The summed E-state index contributed by atoms with van der Waals surface area (Å²) in [5.74, 6) is 0.728. The summed E-state index contributed by atoms with van der Waals surface area (Å²) in [6, 6.07) is 21.0. The number of rotatable bonds is 6. The van der Waals surface area contributed by atoms with E-state index in [1.807, 2.05) is 24.3 Å². The molecule has 2 amide bonds. The average molecular weight is 560 g/mol. The van der Waals surface area contributed by atoms with Crippen LogP contribution in [0.25, 0.3) is 0 Å². The summed E-state index contributed by atoms with van der Waals surface area (Å²) >= 11 is 0. The van der Waals surface area contributed by atoms with E-state index in [0.29, 0.717) is 34.4 Å². The fourth-order valence-electron chi connectivity index (χ4n) is 3.19. The van der Waals surface area contributed by atoms with Gasteiger partial charge >= 0.3 is 0 Å². The maximum atomic E-state index is 12.6. The lowest BCUT2D eigenvalue weighted by atomic mass is 10.1. The Kier molecular flexibility index (Phi) is 13.2. The Morgan fingerprint density at radius 2 is 0.763 bits per heavy atom. The fraction of sp³-hybridized carbons (Fsp3) is 0.154. The third-order valence-corrected chi connectivity index (χ3v) is 5.14. The van der Waals surface area contributed by atoms with Crippen LogP contribution in [0, 0.1) is 0 Å². The standard InChI is InChI=1S/C26H30N8O2.2ClH/c1-27-25(28-2)33-21-13-9-19(10-14-21)31-23(35)17-5-7-18(8-6-17)24(36)32-20-11-15-22(16-12-20)34-26(29-3)30-4;;/h5-16H,1-4H3,(H,31,35)(H,32,36)(H2,27,28,33)(H2,29,30,34);2*1H. The van der Waals surface area contributed by atoms with Gasteiger partial charge in [-0.15, -0.1) is 24.8 Å². The second-order valence-electron chi connectivity index (χ2n) is 7.53. The van der Waals surface area contributed by atoms with Gasteiger partial charge in [0, 0.05) is 62.1 Å². The van der Waals surface area contributed by atoms with Gasteiger partial charge in [-0.2, -0.15) is 0 Å². The Labute approximate surface area is 234 Å². The Hall–Kier alpha value is -4.28. The van der Waals surface area contributed by atoms with Crippen LogP contribution >= 0.6 is 24.8 Å². The fourth-order valence-corrected chi connectivity index (χ4v) is 3.19. The van der Waals surface area contributed by atoms with E-state index in [1.54, 1.807) is 76.7 Å². The molecule has 0 heterocycles. The molecule has 0 saturated heterocycles. The van der Waals surface area contributed by atoms with E-state index >= 15 is 0 Å². The predicted molar refractivity (Wildman–Crippen MR) is 162 cm³/mol. The molecule has 6 N–H and O–H groups in total. The van der Waals surface area contributed by atoms with Gasteiger partial charge in [0.2, 0.25) is 0 Å². The van der Waals surface area contributed by atoms with Crippen molar-refractivity contribution in [1.29, 1.82) is 0 Å². The third-order valence-electron chi connectivity index (χ3n) is 5.14. The summed E-state index contributed by atoms with van der Waals surface area (Å²) in [6.45, 7) is 0. The predicted octanol–water partition coefficient (Wildman–Crippen LogP) is 4.27. The zero-order valence-corrected chi connectivity index (χ0v) is 23.1. The van der Waals surface area contributed by atoms with Crippen molar-refractivity contribution in [3.8, 4) is 0 Å². The quantitative estimate of drug-likeness (QED) is 0.198. The van der Waals surface area contributed by atoms with Crippen molar-refractivity contribution in [2.24, 2.45) is 9.98 Å². The number of halogens is 2. The zero-order valence-electron chi connectivity index (χ0n) is 21.5. The van der Waals surface area contributed by atoms with Gasteiger partial charge in [-0.1, -0.05) is 0 Å². The number of aliphatic imine (C=N–C) groups is 2. The first-order valence-electron chi connectivity index (χ1n) is 11.2. The number of nitrogens with one attached hydrogen (secondary N) is 6. The Morgan fingerprint density at radius 3 is 1.00 bits per heavy atom. The van der Waals surface area contributed by atoms with Gasteiger partial charge < -0.3 is 31.9 Å². The molecule has 10 nitrogen and oxygen atoms in total. The van der Waals surface area contributed by atoms with Gasteiger partial charge in [0.05, 0.1) is 0 Å². The summed E-state index contributed by atoms with van der Waals surface area (Å²) < 4.78 is 0. The van der Waals surface area contributed by atoms with Gasteiger partial charge in [0.1, 0.15) is 0 Å². The molecule has 0 radical (unpaired) electrons. The van der Waals surface area contributed by atoms with Crippen LogP contribution in [-0.2, 0) is 0 Å². The Bertz CT molecular complexity index is 1150. The Morgan fingerprint density at radius 1 is 0.500 bits per heavy atom. The van der Waals surface area contributed by atoms with E-state index < -0.39 is 0 Å². The highest BCUT2D eigenvalue weighted by Gasteiger charge is 2.10. The van der Waals surface area contributed by atoms with Crippen LogP contribution in [0.4, 0.5) is 22.7 Å². The van der Waals surface area contributed by atoms with Crippen molar-refractivity contribution in [3.05, 3.63) is 83.9 Å². The summed E-state index contributed by atoms with van der Waals surface area (Å²) in [5, 5.41) is 17.8. The summed E-state index contributed by atoms with van der Waals surface area (Å²) in [4.78, 5) is 33.4. The molecule has 0 unspecified atom stereocenters. The van der Waals surface area contributed by atoms with Crippen LogP contribution in [-0.4, -0.2) is 51.9 Å². The monoisotopic (exact) mass is 558 g/mol. The van der Waals surface area contributed by atoms with Crippen LogP contribution in [0.3, 0.4) is 0 Å². The average Bonchev–Trinajstić information content (AvgIpc) is 2.92. The molecule has 3 rings (SSSR count). The van der Waals surface area contributed by atoms with E-state index in [2.05, 4.69) is 41.9 Å². The van der Waals surface area contributed by atoms with E-state index in [4.69, 9.17) is 0 Å². The van der Waals surface area contributed by atoms with Crippen LogP contribution in [0.5, 0.6) is 0 Å². The van der Waals surface area contributed by atoms with Crippen molar-refractivity contribution in [2.75, 3.05) is 49.5 Å². The molecule has 12 heteroatoms. The van der Waals surface area contributed by atoms with Crippen molar-refractivity contribution >= 4 is 71.3 Å². The highest BCUT2D eigenvalue weighted by Crippen LogP contribution is 2.17. The van der Waals surface area contributed by atoms with Gasteiger partial charge in [-0.25, -0.2) is 0 Å². The molecule has 0 saturated carbocycles. The minimum atomic E-state index is -0.270. The molecular formula is C26H32Cl2N8O2. The second-order valence-corrected chi connectivity index (χ2v) is 7.53. The molecule has 0 aliphatic carbocycles. The van der Waals surface area contributed by atoms with Gasteiger partial charge in [-0.3, -0.25) is 19.6 Å². The zero-order chi connectivity index (χ0) is 25.9. The number of hydrogen-bond acceptors (Lipinski definition) is 4. The maximum Gasteiger partial charge on any atom is 0.255 e. The molecule has 0 spiro atoms.